The Balaban J connectivity index is 2.30. The number of methoxy groups -OCH3 is 2. The second-order valence-corrected chi connectivity index (χ2v) is 5.33. The lowest BCUT2D eigenvalue weighted by molar-refractivity contribution is -0.0671. The third-order valence-electron chi connectivity index (χ3n) is 4.35. The smallest absolute Gasteiger partial charge is 0.119 e. The highest BCUT2D eigenvalue weighted by Gasteiger charge is 2.40. The molecule has 1 N–H and O–H groups in total. The summed E-state index contributed by atoms with van der Waals surface area (Å²) in [5, 5.41) is 3.45. The molecule has 1 aliphatic rings. The summed E-state index contributed by atoms with van der Waals surface area (Å²) < 4.78 is 11.3. The summed E-state index contributed by atoms with van der Waals surface area (Å²) in [5.41, 5.74) is 1.16. The van der Waals surface area contributed by atoms with Crippen LogP contribution in [-0.2, 0) is 4.74 Å². The molecular weight excluding hydrogens is 238 g/mol. The predicted molar refractivity (Wildman–Crippen MR) is 77.6 cm³/mol. The van der Waals surface area contributed by atoms with Gasteiger partial charge in [0.05, 0.1) is 18.8 Å². The zero-order valence-electron chi connectivity index (χ0n) is 12.2. The quantitative estimate of drug-likeness (QED) is 0.884. The lowest BCUT2D eigenvalue weighted by atomic mass is 9.76. The Labute approximate surface area is 116 Å². The molecule has 19 heavy (non-hydrogen) atoms. The Morgan fingerprint density at radius 2 is 1.89 bits per heavy atom. The van der Waals surface area contributed by atoms with Gasteiger partial charge < -0.3 is 14.8 Å². The van der Waals surface area contributed by atoms with Gasteiger partial charge in [-0.3, -0.25) is 0 Å². The van der Waals surface area contributed by atoms with Crippen LogP contribution in [0.3, 0.4) is 0 Å². The van der Waals surface area contributed by atoms with Crippen LogP contribution in [0.15, 0.2) is 24.3 Å². The molecule has 1 aliphatic carbocycles. The van der Waals surface area contributed by atoms with E-state index < -0.39 is 0 Å². The maximum Gasteiger partial charge on any atom is 0.119 e. The van der Waals surface area contributed by atoms with Crippen LogP contribution in [0.4, 0.5) is 0 Å². The molecule has 1 unspecified atom stereocenters. The van der Waals surface area contributed by atoms with Gasteiger partial charge in [0.15, 0.2) is 0 Å². The fourth-order valence-electron chi connectivity index (χ4n) is 3.32. The van der Waals surface area contributed by atoms with E-state index in [-0.39, 0.29) is 11.6 Å². The van der Waals surface area contributed by atoms with Gasteiger partial charge in [-0.15, -0.1) is 0 Å². The second-order valence-electron chi connectivity index (χ2n) is 5.33. The van der Waals surface area contributed by atoms with Gasteiger partial charge in [0.2, 0.25) is 0 Å². The predicted octanol–water partition coefficient (Wildman–Crippen LogP) is 3.31. The fourth-order valence-corrected chi connectivity index (χ4v) is 3.32. The number of ether oxygens (including phenoxy) is 2. The molecule has 1 aromatic rings. The molecule has 0 spiro atoms. The van der Waals surface area contributed by atoms with Gasteiger partial charge in [-0.05, 0) is 37.6 Å². The number of nitrogens with one attached hydrogen (secondary N) is 1. The van der Waals surface area contributed by atoms with Gasteiger partial charge in [-0.1, -0.05) is 31.4 Å². The van der Waals surface area contributed by atoms with E-state index in [2.05, 4.69) is 17.4 Å². The van der Waals surface area contributed by atoms with Crippen molar-refractivity contribution in [2.75, 3.05) is 21.3 Å². The molecule has 3 nitrogen and oxygen atoms in total. The fraction of sp³-hybridized carbons (Fsp3) is 0.625. The molecule has 1 aromatic carbocycles. The number of hydrogen-bond donors (Lipinski definition) is 1. The first-order chi connectivity index (χ1) is 9.25. The summed E-state index contributed by atoms with van der Waals surface area (Å²) in [6.45, 7) is 0. The first-order valence-electron chi connectivity index (χ1n) is 7.12. The van der Waals surface area contributed by atoms with E-state index in [9.17, 15) is 0 Å². The van der Waals surface area contributed by atoms with Crippen molar-refractivity contribution < 1.29 is 9.47 Å². The molecule has 0 bridgehead atoms. The monoisotopic (exact) mass is 263 g/mol. The van der Waals surface area contributed by atoms with E-state index in [4.69, 9.17) is 9.47 Å². The minimum absolute atomic E-state index is 0.0840. The first kappa shape index (κ1) is 14.4. The van der Waals surface area contributed by atoms with E-state index in [1.165, 1.54) is 24.8 Å². The molecule has 0 aromatic heterocycles. The maximum absolute atomic E-state index is 5.96. The highest BCUT2D eigenvalue weighted by molar-refractivity contribution is 5.32. The molecule has 106 valence electrons. The van der Waals surface area contributed by atoms with Gasteiger partial charge in [0, 0.05) is 7.11 Å². The highest BCUT2D eigenvalue weighted by Crippen LogP contribution is 2.41. The third-order valence-corrected chi connectivity index (χ3v) is 4.35. The van der Waals surface area contributed by atoms with Gasteiger partial charge in [0.1, 0.15) is 5.75 Å². The van der Waals surface area contributed by atoms with E-state index in [1.54, 1.807) is 7.11 Å². The van der Waals surface area contributed by atoms with Crippen LogP contribution in [0.25, 0.3) is 0 Å². The molecule has 1 saturated carbocycles. The topological polar surface area (TPSA) is 30.5 Å². The molecule has 2 rings (SSSR count). The molecule has 0 amide bonds. The maximum atomic E-state index is 5.96. The van der Waals surface area contributed by atoms with Gasteiger partial charge in [-0.2, -0.15) is 0 Å². The molecule has 0 heterocycles. The van der Waals surface area contributed by atoms with Gasteiger partial charge >= 0.3 is 0 Å². The largest absolute Gasteiger partial charge is 0.497 e. The van der Waals surface area contributed by atoms with Crippen LogP contribution >= 0.6 is 0 Å². The summed E-state index contributed by atoms with van der Waals surface area (Å²) >= 11 is 0. The zero-order chi connectivity index (χ0) is 13.7. The minimum atomic E-state index is -0.0840. The lowest BCUT2D eigenvalue weighted by Crippen LogP contribution is -2.45. The summed E-state index contributed by atoms with van der Waals surface area (Å²) in [4.78, 5) is 0. The first-order valence-corrected chi connectivity index (χ1v) is 7.12. The summed E-state index contributed by atoms with van der Waals surface area (Å²) in [7, 11) is 5.57. The van der Waals surface area contributed by atoms with Crippen LogP contribution in [0.1, 0.15) is 43.7 Å². The second kappa shape index (κ2) is 6.40. The summed E-state index contributed by atoms with van der Waals surface area (Å²) in [6.07, 6.45) is 6.05. The number of rotatable bonds is 5. The van der Waals surface area contributed by atoms with Crippen molar-refractivity contribution in [2.24, 2.45) is 0 Å². The number of benzene rings is 1. The van der Waals surface area contributed by atoms with E-state index in [0.717, 1.165) is 18.6 Å². The Morgan fingerprint density at radius 1 is 1.16 bits per heavy atom. The Hall–Kier alpha value is -1.06. The molecule has 0 radical (unpaired) electrons. The van der Waals surface area contributed by atoms with Crippen molar-refractivity contribution >= 4 is 0 Å². The zero-order valence-corrected chi connectivity index (χ0v) is 12.2. The van der Waals surface area contributed by atoms with Crippen molar-refractivity contribution in [1.82, 2.24) is 5.32 Å². The lowest BCUT2D eigenvalue weighted by Gasteiger charge is -2.42. The van der Waals surface area contributed by atoms with Crippen molar-refractivity contribution in [3.8, 4) is 5.75 Å². The molecular formula is C16H25NO2. The van der Waals surface area contributed by atoms with E-state index >= 15 is 0 Å². The molecule has 3 heteroatoms. The van der Waals surface area contributed by atoms with Crippen LogP contribution in [0.2, 0.25) is 0 Å². The normalized spacial score (nSPS) is 19.9. The average molecular weight is 263 g/mol. The molecule has 0 saturated heterocycles. The summed E-state index contributed by atoms with van der Waals surface area (Å²) in [6, 6.07) is 8.50. The standard InChI is InChI=1S/C16H25NO2/c1-17-15(13-8-7-9-14(12-13)18-2)16(19-3)10-5-4-6-11-16/h7-9,12,15,17H,4-6,10-11H2,1-3H3. The third kappa shape index (κ3) is 2.93. The van der Waals surface area contributed by atoms with Crippen molar-refractivity contribution in [3.05, 3.63) is 29.8 Å². The molecule has 1 fully saturated rings. The highest BCUT2D eigenvalue weighted by atomic mass is 16.5. The number of likely N-dealkylation sites (N-methyl/N-ethyl adjacent to an activating group) is 1. The Bertz CT molecular complexity index is 399. The van der Waals surface area contributed by atoms with Gasteiger partial charge in [-0.25, -0.2) is 0 Å². The van der Waals surface area contributed by atoms with Crippen LogP contribution < -0.4 is 10.1 Å². The summed E-state index contributed by atoms with van der Waals surface area (Å²) in [5.74, 6) is 0.903. The van der Waals surface area contributed by atoms with Crippen molar-refractivity contribution in [1.29, 1.82) is 0 Å². The molecule has 0 aliphatic heterocycles. The van der Waals surface area contributed by atoms with Crippen LogP contribution in [-0.4, -0.2) is 26.9 Å². The van der Waals surface area contributed by atoms with Crippen LogP contribution in [0, 0.1) is 0 Å². The Kier molecular flexibility index (Phi) is 4.83. The van der Waals surface area contributed by atoms with Gasteiger partial charge in [0.25, 0.3) is 0 Å². The van der Waals surface area contributed by atoms with Crippen LogP contribution in [0.5, 0.6) is 5.75 Å². The van der Waals surface area contributed by atoms with E-state index in [1.807, 2.05) is 26.3 Å². The minimum Gasteiger partial charge on any atom is -0.497 e. The van der Waals surface area contributed by atoms with E-state index in [0.29, 0.717) is 0 Å². The SMILES string of the molecule is CNC(c1cccc(OC)c1)C1(OC)CCCCC1. The van der Waals surface area contributed by atoms with Crippen molar-refractivity contribution in [2.45, 2.75) is 43.7 Å². The van der Waals surface area contributed by atoms with Crippen molar-refractivity contribution in [3.63, 3.8) is 0 Å². The number of hydrogen-bond acceptors (Lipinski definition) is 3. The average Bonchev–Trinajstić information content (AvgIpc) is 2.49. The molecule has 1 atom stereocenters. The Morgan fingerprint density at radius 3 is 2.47 bits per heavy atom.